The van der Waals surface area contributed by atoms with E-state index in [2.05, 4.69) is 10.6 Å². The van der Waals surface area contributed by atoms with Gasteiger partial charge in [0, 0.05) is 11.8 Å². The van der Waals surface area contributed by atoms with Crippen LogP contribution >= 0.6 is 11.8 Å². The van der Waals surface area contributed by atoms with Crippen LogP contribution in [0.25, 0.3) is 0 Å². The Kier molecular flexibility index (Phi) is 11.5. The molecule has 0 aromatic heterocycles. The van der Waals surface area contributed by atoms with Crippen LogP contribution in [0.15, 0.2) is 78.9 Å². The molecule has 9 nitrogen and oxygen atoms in total. The first-order valence-corrected chi connectivity index (χ1v) is 15.4. The number of hydrogen-bond acceptors (Lipinski definition) is 7. The number of ether oxygens (including phenoxy) is 2. The lowest BCUT2D eigenvalue weighted by Gasteiger charge is -2.30. The van der Waals surface area contributed by atoms with Crippen molar-refractivity contribution in [2.75, 3.05) is 19.1 Å². The van der Waals surface area contributed by atoms with Crippen LogP contribution < -0.4 is 20.1 Å². The highest BCUT2D eigenvalue weighted by Gasteiger charge is 2.43. The number of rotatable bonds is 13. The zero-order valence-electron chi connectivity index (χ0n) is 24.7. The molecule has 3 aromatic carbocycles. The second-order valence-electron chi connectivity index (χ2n) is 10.4. The normalized spacial score (nSPS) is 17.5. The Labute approximate surface area is 257 Å². The van der Waals surface area contributed by atoms with Crippen molar-refractivity contribution >= 4 is 29.5 Å². The fourth-order valence-electron chi connectivity index (χ4n) is 4.96. The number of carbonyl (C=O) groups excluding carboxylic acids is 3. The molecule has 4 atom stereocenters. The maximum Gasteiger partial charge on any atom is 0.258 e. The number of hydrogen-bond donors (Lipinski definition) is 3. The van der Waals surface area contributed by atoms with Crippen LogP contribution in [0.3, 0.4) is 0 Å². The summed E-state index contributed by atoms with van der Waals surface area (Å²) in [6.45, 7) is 6.17. The molecule has 3 amide bonds. The number of nitrogens with one attached hydrogen (secondary N) is 2. The zero-order chi connectivity index (χ0) is 30.8. The molecule has 1 saturated heterocycles. The highest BCUT2D eigenvalue weighted by atomic mass is 32.2. The highest BCUT2D eigenvalue weighted by molar-refractivity contribution is 8.00. The standard InChI is InChI=1S/C33H39N3O6S/c1-4-41-27-16-10-11-17-28(27)42-20-29(37)35-26(18-24-13-6-5-7-14-24)31(38)33(40)36-21-43-23(3)30(36)32(39)34-19-25-15-9-8-12-22(25)2/h5-17,23,26,30-31,38H,4,18-21H2,1-3H3,(H,34,39)(H,35,37)/t23?,26-,30-,31-/m0/s1. The Balaban J connectivity index is 1.45. The van der Waals surface area contributed by atoms with E-state index in [1.54, 1.807) is 18.2 Å². The second-order valence-corrected chi connectivity index (χ2v) is 11.7. The Hall–Kier alpha value is -4.02. The van der Waals surface area contributed by atoms with E-state index < -0.39 is 30.0 Å². The molecular weight excluding hydrogens is 566 g/mol. The summed E-state index contributed by atoms with van der Waals surface area (Å²) >= 11 is 1.47. The van der Waals surface area contributed by atoms with Gasteiger partial charge >= 0.3 is 0 Å². The largest absolute Gasteiger partial charge is 0.490 e. The van der Waals surface area contributed by atoms with Gasteiger partial charge in [-0.05, 0) is 49.1 Å². The van der Waals surface area contributed by atoms with E-state index in [4.69, 9.17) is 9.47 Å². The monoisotopic (exact) mass is 605 g/mol. The molecule has 1 aliphatic rings. The van der Waals surface area contributed by atoms with Crippen LogP contribution in [0, 0.1) is 6.92 Å². The average Bonchev–Trinajstić information content (AvgIpc) is 3.41. The molecule has 1 aliphatic heterocycles. The summed E-state index contributed by atoms with van der Waals surface area (Å²) in [5.41, 5.74) is 2.88. The molecule has 1 unspecified atom stereocenters. The molecular formula is C33H39N3O6S. The van der Waals surface area contributed by atoms with Gasteiger partial charge in [-0.25, -0.2) is 0 Å². The summed E-state index contributed by atoms with van der Waals surface area (Å²) in [4.78, 5) is 41.5. The zero-order valence-corrected chi connectivity index (χ0v) is 25.5. The molecule has 228 valence electrons. The van der Waals surface area contributed by atoms with Crippen LogP contribution in [0.1, 0.15) is 30.5 Å². The van der Waals surface area contributed by atoms with Crippen LogP contribution in [-0.2, 0) is 27.3 Å². The Morgan fingerprint density at radius 2 is 1.63 bits per heavy atom. The first kappa shape index (κ1) is 31.9. The molecule has 1 heterocycles. The van der Waals surface area contributed by atoms with E-state index in [0.29, 0.717) is 24.7 Å². The quantitative estimate of drug-likeness (QED) is 0.273. The van der Waals surface area contributed by atoms with E-state index >= 15 is 0 Å². The van der Waals surface area contributed by atoms with Gasteiger partial charge in [0.2, 0.25) is 5.91 Å². The lowest BCUT2D eigenvalue weighted by atomic mass is 9.99. The van der Waals surface area contributed by atoms with Gasteiger partial charge < -0.3 is 30.1 Å². The summed E-state index contributed by atoms with van der Waals surface area (Å²) in [5, 5.41) is 16.9. The fourth-order valence-corrected chi connectivity index (χ4v) is 6.10. The van der Waals surface area contributed by atoms with Gasteiger partial charge in [-0.2, -0.15) is 0 Å². The van der Waals surface area contributed by atoms with Crippen molar-refractivity contribution in [3.8, 4) is 11.5 Å². The summed E-state index contributed by atoms with van der Waals surface area (Å²) in [6, 6.07) is 22.4. The number of thioether (sulfide) groups is 1. The minimum atomic E-state index is -1.59. The number of para-hydroxylation sites is 2. The molecule has 4 rings (SSSR count). The van der Waals surface area contributed by atoms with Crippen molar-refractivity contribution in [2.24, 2.45) is 0 Å². The Morgan fingerprint density at radius 3 is 2.33 bits per heavy atom. The predicted molar refractivity (Wildman–Crippen MR) is 167 cm³/mol. The molecule has 0 saturated carbocycles. The number of aryl methyl sites for hydroxylation is 1. The number of aliphatic hydroxyl groups is 1. The minimum Gasteiger partial charge on any atom is -0.490 e. The van der Waals surface area contributed by atoms with Crippen LogP contribution in [0.4, 0.5) is 0 Å². The Bertz CT molecular complexity index is 1390. The fraction of sp³-hybridized carbons (Fsp3) is 0.364. The number of carbonyl (C=O) groups is 3. The molecule has 0 spiro atoms. The van der Waals surface area contributed by atoms with Crippen LogP contribution in [0.5, 0.6) is 11.5 Å². The SMILES string of the molecule is CCOc1ccccc1OCC(=O)N[C@@H](Cc1ccccc1)[C@H](O)C(=O)N1CSC(C)[C@H]1C(=O)NCc1ccccc1C. The Morgan fingerprint density at radius 1 is 0.977 bits per heavy atom. The third kappa shape index (κ3) is 8.52. The van der Waals surface area contributed by atoms with Crippen molar-refractivity contribution in [1.29, 1.82) is 0 Å². The van der Waals surface area contributed by atoms with Gasteiger partial charge in [0.05, 0.1) is 18.5 Å². The molecule has 1 fully saturated rings. The van der Waals surface area contributed by atoms with Gasteiger partial charge in [-0.3, -0.25) is 14.4 Å². The van der Waals surface area contributed by atoms with E-state index in [1.165, 1.54) is 16.7 Å². The summed E-state index contributed by atoms with van der Waals surface area (Å²) in [6.07, 6.45) is -1.38. The number of nitrogens with zero attached hydrogens (tertiary/aromatic N) is 1. The molecule has 43 heavy (non-hydrogen) atoms. The minimum absolute atomic E-state index is 0.172. The van der Waals surface area contributed by atoms with Crippen LogP contribution in [-0.4, -0.2) is 70.3 Å². The summed E-state index contributed by atoms with van der Waals surface area (Å²) in [5.74, 6) is -0.221. The first-order valence-electron chi connectivity index (χ1n) is 14.4. The van der Waals surface area contributed by atoms with Crippen molar-refractivity contribution in [3.63, 3.8) is 0 Å². The summed E-state index contributed by atoms with van der Waals surface area (Å²) < 4.78 is 11.3. The maximum absolute atomic E-state index is 13.7. The molecule has 0 radical (unpaired) electrons. The third-order valence-electron chi connectivity index (χ3n) is 7.31. The lowest BCUT2D eigenvalue weighted by molar-refractivity contribution is -0.147. The van der Waals surface area contributed by atoms with Gasteiger partial charge in [-0.1, -0.05) is 73.7 Å². The van der Waals surface area contributed by atoms with Crippen molar-refractivity contribution in [2.45, 2.75) is 57.2 Å². The van der Waals surface area contributed by atoms with Gasteiger partial charge in [0.1, 0.15) is 6.04 Å². The predicted octanol–water partition coefficient (Wildman–Crippen LogP) is 3.47. The van der Waals surface area contributed by atoms with E-state index in [9.17, 15) is 19.5 Å². The molecule has 3 N–H and O–H groups in total. The van der Waals surface area contributed by atoms with Gasteiger partial charge in [0.15, 0.2) is 24.2 Å². The third-order valence-corrected chi connectivity index (χ3v) is 8.52. The summed E-state index contributed by atoms with van der Waals surface area (Å²) in [7, 11) is 0. The van der Waals surface area contributed by atoms with Crippen molar-refractivity contribution in [1.82, 2.24) is 15.5 Å². The average molecular weight is 606 g/mol. The van der Waals surface area contributed by atoms with E-state index in [0.717, 1.165) is 16.7 Å². The first-order chi connectivity index (χ1) is 20.8. The van der Waals surface area contributed by atoms with Crippen LogP contribution in [0.2, 0.25) is 0 Å². The highest BCUT2D eigenvalue weighted by Crippen LogP contribution is 2.30. The number of amides is 3. The van der Waals surface area contributed by atoms with Gasteiger partial charge in [0.25, 0.3) is 11.8 Å². The number of benzene rings is 3. The van der Waals surface area contributed by atoms with Crippen molar-refractivity contribution < 1.29 is 29.0 Å². The second kappa shape index (κ2) is 15.5. The topological polar surface area (TPSA) is 117 Å². The maximum atomic E-state index is 13.7. The number of aliphatic hydroxyl groups excluding tert-OH is 1. The molecule has 0 aliphatic carbocycles. The molecule has 0 bridgehead atoms. The van der Waals surface area contributed by atoms with E-state index in [1.807, 2.05) is 81.4 Å². The van der Waals surface area contributed by atoms with Gasteiger partial charge in [-0.15, -0.1) is 11.8 Å². The molecule has 10 heteroatoms. The molecule has 3 aromatic rings. The smallest absolute Gasteiger partial charge is 0.258 e. The van der Waals surface area contributed by atoms with Crippen molar-refractivity contribution in [3.05, 3.63) is 95.6 Å². The van der Waals surface area contributed by atoms with E-state index in [-0.39, 0.29) is 30.1 Å². The lowest BCUT2D eigenvalue weighted by Crippen LogP contribution is -2.57.